The number of anilines is 1. The number of quaternary nitrogens is 1. The molecule has 150 valence electrons. The lowest BCUT2D eigenvalue weighted by molar-refractivity contribution is -0.881. The fourth-order valence-corrected chi connectivity index (χ4v) is 5.04. The molecular weight excluding hydrogens is 366 g/mol. The number of carbonyl (C=O) groups is 2. The van der Waals surface area contributed by atoms with Gasteiger partial charge in [-0.2, -0.15) is 0 Å². The van der Waals surface area contributed by atoms with Crippen LogP contribution in [0.15, 0.2) is 30.3 Å². The Morgan fingerprint density at radius 1 is 1.22 bits per heavy atom. The van der Waals surface area contributed by atoms with E-state index in [1.807, 2.05) is 51.1 Å². The van der Waals surface area contributed by atoms with Crippen LogP contribution in [0.1, 0.15) is 27.2 Å². The van der Waals surface area contributed by atoms with Crippen LogP contribution in [0, 0.1) is 0 Å². The Hall–Kier alpha value is -1.93. The number of hydrogen-bond donors (Lipinski definition) is 2. The Morgan fingerprint density at radius 2 is 1.89 bits per heavy atom. The first kappa shape index (κ1) is 21.4. The van der Waals surface area contributed by atoms with Gasteiger partial charge in [0, 0.05) is 11.7 Å². The number of hydrogen-bond acceptors (Lipinski definition) is 4. The zero-order valence-corrected chi connectivity index (χ0v) is 17.1. The fraction of sp³-hybridized carbons (Fsp3) is 0.579. The first-order valence-electron chi connectivity index (χ1n) is 9.42. The van der Waals surface area contributed by atoms with E-state index in [4.69, 9.17) is 0 Å². The van der Waals surface area contributed by atoms with E-state index >= 15 is 0 Å². The Balaban J connectivity index is 2.15. The number of benzene rings is 1. The number of rotatable bonds is 8. The van der Waals surface area contributed by atoms with Gasteiger partial charge in [0.1, 0.15) is 0 Å². The molecule has 27 heavy (non-hydrogen) atoms. The van der Waals surface area contributed by atoms with Crippen LogP contribution in [0.5, 0.6) is 0 Å². The zero-order chi connectivity index (χ0) is 20.0. The molecule has 1 unspecified atom stereocenters. The van der Waals surface area contributed by atoms with Gasteiger partial charge in [0.05, 0.1) is 24.1 Å². The SMILES string of the molecule is CC[NH+](CC(=O)NC(C)C)CC(=O)N(c1ccccc1)[C@H]1CCS(=O)(=O)C1. The summed E-state index contributed by atoms with van der Waals surface area (Å²) in [6.45, 7) is 6.71. The summed E-state index contributed by atoms with van der Waals surface area (Å²) in [4.78, 5) is 27.6. The predicted octanol–water partition coefficient (Wildman–Crippen LogP) is -0.364. The number of carbonyl (C=O) groups excluding carboxylic acids is 2. The van der Waals surface area contributed by atoms with Crippen molar-refractivity contribution in [1.29, 1.82) is 0 Å². The second-order valence-corrected chi connectivity index (χ2v) is 9.56. The lowest BCUT2D eigenvalue weighted by Crippen LogP contribution is -3.14. The molecule has 0 radical (unpaired) electrons. The first-order chi connectivity index (χ1) is 12.7. The van der Waals surface area contributed by atoms with E-state index in [0.29, 0.717) is 18.7 Å². The smallest absolute Gasteiger partial charge is 0.282 e. The maximum absolute atomic E-state index is 13.1. The minimum atomic E-state index is -3.11. The van der Waals surface area contributed by atoms with E-state index in [-0.39, 0.29) is 48.5 Å². The van der Waals surface area contributed by atoms with Crippen molar-refractivity contribution < 1.29 is 22.9 Å². The van der Waals surface area contributed by atoms with Crippen molar-refractivity contribution in [3.8, 4) is 0 Å². The number of amides is 2. The first-order valence-corrected chi connectivity index (χ1v) is 11.2. The lowest BCUT2D eigenvalue weighted by Gasteiger charge is -2.29. The summed E-state index contributed by atoms with van der Waals surface area (Å²) < 4.78 is 23.9. The number of sulfone groups is 1. The van der Waals surface area contributed by atoms with Crippen molar-refractivity contribution in [2.24, 2.45) is 0 Å². The van der Waals surface area contributed by atoms with Crippen LogP contribution >= 0.6 is 0 Å². The quantitative estimate of drug-likeness (QED) is 0.628. The molecule has 0 bridgehead atoms. The molecule has 1 aromatic carbocycles. The summed E-state index contributed by atoms with van der Waals surface area (Å²) >= 11 is 0. The van der Waals surface area contributed by atoms with Crippen molar-refractivity contribution in [2.75, 3.05) is 36.0 Å². The van der Waals surface area contributed by atoms with Gasteiger partial charge in [-0.05, 0) is 39.3 Å². The molecule has 0 saturated carbocycles. The molecule has 1 heterocycles. The molecule has 0 aromatic heterocycles. The maximum atomic E-state index is 13.1. The highest BCUT2D eigenvalue weighted by molar-refractivity contribution is 7.91. The van der Waals surface area contributed by atoms with E-state index in [2.05, 4.69) is 5.32 Å². The van der Waals surface area contributed by atoms with Crippen molar-refractivity contribution >= 4 is 27.3 Å². The van der Waals surface area contributed by atoms with Crippen molar-refractivity contribution in [1.82, 2.24) is 5.32 Å². The number of para-hydroxylation sites is 1. The standard InChI is InChI=1S/C19H29N3O4S/c1-4-21(12-18(23)20-15(2)3)13-19(24)22(16-8-6-5-7-9-16)17-10-11-27(25,26)14-17/h5-9,15,17H,4,10-14H2,1-3H3,(H,20,23)/p+1/t17-/m0/s1. The fourth-order valence-electron chi connectivity index (χ4n) is 3.34. The maximum Gasteiger partial charge on any atom is 0.282 e. The second-order valence-electron chi connectivity index (χ2n) is 7.34. The normalized spacial score (nSPS) is 19.6. The van der Waals surface area contributed by atoms with Crippen LogP contribution in [0.3, 0.4) is 0 Å². The lowest BCUT2D eigenvalue weighted by atomic mass is 10.1. The molecule has 0 aliphatic carbocycles. The van der Waals surface area contributed by atoms with Crippen LogP contribution in [-0.4, -0.2) is 63.5 Å². The van der Waals surface area contributed by atoms with Crippen LogP contribution in [0.25, 0.3) is 0 Å². The van der Waals surface area contributed by atoms with Gasteiger partial charge in [-0.15, -0.1) is 0 Å². The molecule has 1 saturated heterocycles. The van der Waals surface area contributed by atoms with E-state index < -0.39 is 9.84 Å². The molecular formula is C19H30N3O4S+. The average Bonchev–Trinajstić information content (AvgIpc) is 2.94. The average molecular weight is 397 g/mol. The van der Waals surface area contributed by atoms with Gasteiger partial charge in [-0.25, -0.2) is 8.42 Å². The molecule has 0 spiro atoms. The van der Waals surface area contributed by atoms with Gasteiger partial charge in [0.15, 0.2) is 22.9 Å². The monoisotopic (exact) mass is 396 g/mol. The molecule has 1 aliphatic rings. The number of nitrogens with zero attached hydrogens (tertiary/aromatic N) is 1. The van der Waals surface area contributed by atoms with Gasteiger partial charge in [-0.1, -0.05) is 18.2 Å². The summed E-state index contributed by atoms with van der Waals surface area (Å²) in [5.74, 6) is -0.153. The van der Waals surface area contributed by atoms with Gasteiger partial charge in [0.2, 0.25) is 0 Å². The molecule has 2 atom stereocenters. The van der Waals surface area contributed by atoms with Crippen LogP contribution in [0.2, 0.25) is 0 Å². The van der Waals surface area contributed by atoms with E-state index in [1.165, 1.54) is 0 Å². The van der Waals surface area contributed by atoms with E-state index in [0.717, 1.165) is 4.90 Å². The molecule has 1 aliphatic heterocycles. The molecule has 8 heteroatoms. The van der Waals surface area contributed by atoms with Gasteiger partial charge in [0.25, 0.3) is 11.8 Å². The summed E-state index contributed by atoms with van der Waals surface area (Å²) in [5.41, 5.74) is 0.701. The molecule has 7 nitrogen and oxygen atoms in total. The Kier molecular flexibility index (Phi) is 7.38. The topological polar surface area (TPSA) is 88.0 Å². The van der Waals surface area contributed by atoms with Gasteiger partial charge >= 0.3 is 0 Å². The molecule has 1 aromatic rings. The second kappa shape index (κ2) is 9.32. The molecule has 2 N–H and O–H groups in total. The van der Waals surface area contributed by atoms with Crippen LogP contribution in [0.4, 0.5) is 5.69 Å². The third-order valence-corrected chi connectivity index (χ3v) is 6.39. The predicted molar refractivity (Wildman–Crippen MR) is 106 cm³/mol. The Labute approximate surface area is 161 Å². The molecule has 2 amide bonds. The van der Waals surface area contributed by atoms with Gasteiger partial charge in [-0.3, -0.25) is 9.59 Å². The largest absolute Gasteiger partial charge is 0.349 e. The van der Waals surface area contributed by atoms with Crippen molar-refractivity contribution in [3.63, 3.8) is 0 Å². The van der Waals surface area contributed by atoms with Crippen LogP contribution in [-0.2, 0) is 19.4 Å². The third kappa shape index (κ3) is 6.32. The van der Waals surface area contributed by atoms with Crippen molar-refractivity contribution in [2.45, 2.75) is 39.3 Å². The molecule has 2 rings (SSSR count). The van der Waals surface area contributed by atoms with E-state index in [1.54, 1.807) is 4.90 Å². The summed E-state index contributed by atoms with van der Waals surface area (Å²) in [6.07, 6.45) is 0.443. The Bertz CT molecular complexity index is 749. The highest BCUT2D eigenvalue weighted by atomic mass is 32.2. The van der Waals surface area contributed by atoms with Crippen LogP contribution < -0.4 is 15.1 Å². The Morgan fingerprint density at radius 3 is 2.41 bits per heavy atom. The minimum Gasteiger partial charge on any atom is -0.349 e. The summed E-state index contributed by atoms with van der Waals surface area (Å²) in [5, 5.41) is 2.84. The summed E-state index contributed by atoms with van der Waals surface area (Å²) in [7, 11) is -3.11. The summed E-state index contributed by atoms with van der Waals surface area (Å²) in [6, 6.07) is 8.86. The van der Waals surface area contributed by atoms with Crippen molar-refractivity contribution in [3.05, 3.63) is 30.3 Å². The number of likely N-dealkylation sites (N-methyl/N-ethyl adjacent to an activating group) is 1. The van der Waals surface area contributed by atoms with E-state index in [9.17, 15) is 18.0 Å². The highest BCUT2D eigenvalue weighted by Gasteiger charge is 2.36. The minimum absolute atomic E-state index is 0.0110. The third-order valence-electron chi connectivity index (χ3n) is 4.64. The number of nitrogens with one attached hydrogen (secondary N) is 2. The highest BCUT2D eigenvalue weighted by Crippen LogP contribution is 2.24. The zero-order valence-electron chi connectivity index (χ0n) is 16.3. The molecule has 1 fully saturated rings. The van der Waals surface area contributed by atoms with Gasteiger partial charge < -0.3 is 15.1 Å².